The molecule has 1 fully saturated rings. The lowest BCUT2D eigenvalue weighted by molar-refractivity contribution is 0.0403. The Labute approximate surface area is 105 Å². The highest BCUT2D eigenvalue weighted by Crippen LogP contribution is 2.47. The van der Waals surface area contributed by atoms with Crippen molar-refractivity contribution >= 4 is 0 Å². The number of aliphatic hydroxyl groups excluding tert-OH is 1. The molecule has 0 aliphatic heterocycles. The van der Waals surface area contributed by atoms with Gasteiger partial charge in [-0.2, -0.15) is 0 Å². The van der Waals surface area contributed by atoms with E-state index < -0.39 is 0 Å². The van der Waals surface area contributed by atoms with Gasteiger partial charge < -0.3 is 5.11 Å². The summed E-state index contributed by atoms with van der Waals surface area (Å²) in [4.78, 5) is 0. The van der Waals surface area contributed by atoms with E-state index in [9.17, 15) is 5.11 Å². The van der Waals surface area contributed by atoms with Crippen LogP contribution in [0.5, 0.6) is 0 Å². The first-order chi connectivity index (χ1) is 7.94. The van der Waals surface area contributed by atoms with E-state index in [2.05, 4.69) is 39.8 Å². The minimum Gasteiger partial charge on any atom is -0.388 e. The highest BCUT2D eigenvalue weighted by atomic mass is 16.3. The van der Waals surface area contributed by atoms with E-state index in [0.717, 1.165) is 18.4 Å². The SMILES string of the molecule is Cc1cc(C)c(C(O)C2(C)CCCC2)cc1C. The summed E-state index contributed by atoms with van der Waals surface area (Å²) < 4.78 is 0. The Kier molecular flexibility index (Phi) is 3.31. The van der Waals surface area contributed by atoms with Gasteiger partial charge in [0.25, 0.3) is 0 Å². The van der Waals surface area contributed by atoms with Crippen LogP contribution < -0.4 is 0 Å². The molecule has 1 nitrogen and oxygen atoms in total. The molecule has 1 saturated carbocycles. The van der Waals surface area contributed by atoms with Crippen LogP contribution in [-0.4, -0.2) is 5.11 Å². The van der Waals surface area contributed by atoms with Gasteiger partial charge in [-0.05, 0) is 61.3 Å². The molecule has 0 radical (unpaired) electrons. The van der Waals surface area contributed by atoms with E-state index >= 15 is 0 Å². The summed E-state index contributed by atoms with van der Waals surface area (Å²) in [5.41, 5.74) is 5.06. The van der Waals surface area contributed by atoms with E-state index in [1.165, 1.54) is 29.5 Å². The quantitative estimate of drug-likeness (QED) is 0.809. The Morgan fingerprint density at radius 3 is 2.12 bits per heavy atom. The zero-order valence-electron chi connectivity index (χ0n) is 11.5. The smallest absolute Gasteiger partial charge is 0.0846 e. The van der Waals surface area contributed by atoms with Gasteiger partial charge in [0.1, 0.15) is 0 Å². The van der Waals surface area contributed by atoms with Crippen molar-refractivity contribution in [2.24, 2.45) is 5.41 Å². The van der Waals surface area contributed by atoms with Gasteiger partial charge in [0, 0.05) is 0 Å². The monoisotopic (exact) mass is 232 g/mol. The minimum absolute atomic E-state index is 0.0897. The molecule has 2 rings (SSSR count). The van der Waals surface area contributed by atoms with Gasteiger partial charge in [-0.15, -0.1) is 0 Å². The zero-order valence-corrected chi connectivity index (χ0v) is 11.5. The fraction of sp³-hybridized carbons (Fsp3) is 0.625. The van der Waals surface area contributed by atoms with Crippen molar-refractivity contribution in [3.8, 4) is 0 Å². The Bertz CT molecular complexity index is 414. The van der Waals surface area contributed by atoms with Gasteiger partial charge in [0.15, 0.2) is 0 Å². The molecule has 1 aromatic carbocycles. The number of benzene rings is 1. The van der Waals surface area contributed by atoms with Crippen LogP contribution in [0.25, 0.3) is 0 Å². The second kappa shape index (κ2) is 4.45. The van der Waals surface area contributed by atoms with Crippen molar-refractivity contribution < 1.29 is 5.11 Å². The van der Waals surface area contributed by atoms with Crippen LogP contribution in [0.4, 0.5) is 0 Å². The summed E-state index contributed by atoms with van der Waals surface area (Å²) in [7, 11) is 0. The Balaban J connectivity index is 2.36. The second-order valence-corrected chi connectivity index (χ2v) is 6.06. The first-order valence-electron chi connectivity index (χ1n) is 6.70. The number of aliphatic hydroxyl groups is 1. The normalized spacial score (nSPS) is 20.5. The summed E-state index contributed by atoms with van der Waals surface area (Å²) in [5, 5.41) is 10.7. The molecule has 0 aromatic heterocycles. The van der Waals surface area contributed by atoms with Crippen LogP contribution in [0.15, 0.2) is 12.1 Å². The lowest BCUT2D eigenvalue weighted by Gasteiger charge is -2.31. The molecule has 17 heavy (non-hydrogen) atoms. The number of hydrogen-bond acceptors (Lipinski definition) is 1. The van der Waals surface area contributed by atoms with Crippen molar-refractivity contribution in [3.05, 3.63) is 34.4 Å². The molecular weight excluding hydrogens is 208 g/mol. The van der Waals surface area contributed by atoms with Crippen molar-refractivity contribution in [2.75, 3.05) is 0 Å². The fourth-order valence-corrected chi connectivity index (χ4v) is 3.11. The largest absolute Gasteiger partial charge is 0.388 e. The summed E-state index contributed by atoms with van der Waals surface area (Å²) in [5.74, 6) is 0. The third-order valence-electron chi connectivity index (χ3n) is 4.58. The zero-order chi connectivity index (χ0) is 12.6. The van der Waals surface area contributed by atoms with E-state index in [-0.39, 0.29) is 11.5 Å². The molecule has 0 bridgehead atoms. The predicted molar refractivity (Wildman–Crippen MR) is 72.2 cm³/mol. The lowest BCUT2D eigenvalue weighted by atomic mass is 9.77. The molecule has 1 heteroatoms. The van der Waals surface area contributed by atoms with Crippen LogP contribution in [-0.2, 0) is 0 Å². The topological polar surface area (TPSA) is 20.2 Å². The molecule has 1 aromatic rings. The molecule has 1 aliphatic rings. The fourth-order valence-electron chi connectivity index (χ4n) is 3.11. The van der Waals surface area contributed by atoms with Crippen molar-refractivity contribution in [2.45, 2.75) is 59.5 Å². The van der Waals surface area contributed by atoms with E-state index in [1.807, 2.05) is 0 Å². The summed E-state index contributed by atoms with van der Waals surface area (Å²) in [6.07, 6.45) is 4.53. The van der Waals surface area contributed by atoms with Gasteiger partial charge in [-0.25, -0.2) is 0 Å². The Morgan fingerprint density at radius 1 is 1.00 bits per heavy atom. The third-order valence-corrected chi connectivity index (χ3v) is 4.58. The average molecular weight is 232 g/mol. The molecule has 0 saturated heterocycles. The maximum atomic E-state index is 10.7. The number of aryl methyl sites for hydroxylation is 3. The van der Waals surface area contributed by atoms with Crippen LogP contribution in [0.1, 0.15) is 61.0 Å². The van der Waals surface area contributed by atoms with Crippen molar-refractivity contribution in [3.63, 3.8) is 0 Å². The van der Waals surface area contributed by atoms with Gasteiger partial charge >= 0.3 is 0 Å². The highest BCUT2D eigenvalue weighted by Gasteiger charge is 2.37. The van der Waals surface area contributed by atoms with Crippen molar-refractivity contribution in [1.82, 2.24) is 0 Å². The number of hydrogen-bond donors (Lipinski definition) is 1. The summed E-state index contributed by atoms with van der Waals surface area (Å²) in [6.45, 7) is 8.61. The molecule has 1 unspecified atom stereocenters. The molecule has 94 valence electrons. The average Bonchev–Trinajstić information content (AvgIpc) is 2.71. The van der Waals surface area contributed by atoms with Gasteiger partial charge in [-0.3, -0.25) is 0 Å². The summed E-state index contributed by atoms with van der Waals surface area (Å²) in [6, 6.07) is 4.38. The first-order valence-corrected chi connectivity index (χ1v) is 6.70. The van der Waals surface area contributed by atoms with Crippen molar-refractivity contribution in [1.29, 1.82) is 0 Å². The van der Waals surface area contributed by atoms with E-state index in [0.29, 0.717) is 0 Å². The van der Waals surface area contributed by atoms with Crippen LogP contribution >= 0.6 is 0 Å². The number of rotatable bonds is 2. The minimum atomic E-state index is -0.302. The molecule has 0 spiro atoms. The first kappa shape index (κ1) is 12.6. The predicted octanol–water partition coefficient (Wildman–Crippen LogP) is 4.23. The van der Waals surface area contributed by atoms with E-state index in [4.69, 9.17) is 0 Å². The molecule has 0 amide bonds. The molecule has 0 heterocycles. The maximum Gasteiger partial charge on any atom is 0.0846 e. The molecule has 1 atom stereocenters. The summed E-state index contributed by atoms with van der Waals surface area (Å²) >= 11 is 0. The molecule has 1 aliphatic carbocycles. The van der Waals surface area contributed by atoms with Gasteiger partial charge in [-0.1, -0.05) is 31.9 Å². The highest BCUT2D eigenvalue weighted by molar-refractivity contribution is 5.38. The van der Waals surface area contributed by atoms with E-state index in [1.54, 1.807) is 0 Å². The molecular formula is C16H24O. The van der Waals surface area contributed by atoms with Gasteiger partial charge in [0.2, 0.25) is 0 Å². The molecule has 1 N–H and O–H groups in total. The third kappa shape index (κ3) is 2.26. The van der Waals surface area contributed by atoms with Crippen LogP contribution in [0.3, 0.4) is 0 Å². The standard InChI is InChI=1S/C16H24O/c1-11-9-13(3)14(10-12(11)2)15(17)16(4)7-5-6-8-16/h9-10,15,17H,5-8H2,1-4H3. The van der Waals surface area contributed by atoms with Crippen LogP contribution in [0, 0.1) is 26.2 Å². The van der Waals surface area contributed by atoms with Gasteiger partial charge in [0.05, 0.1) is 6.10 Å². The second-order valence-electron chi connectivity index (χ2n) is 6.06. The lowest BCUT2D eigenvalue weighted by Crippen LogP contribution is -2.22. The Hall–Kier alpha value is -0.820. The maximum absolute atomic E-state index is 10.7. The van der Waals surface area contributed by atoms with Crippen LogP contribution in [0.2, 0.25) is 0 Å². The Morgan fingerprint density at radius 2 is 1.53 bits per heavy atom.